The van der Waals surface area contributed by atoms with Crippen LogP contribution >= 0.6 is 11.8 Å². The van der Waals surface area contributed by atoms with Crippen LogP contribution in [-0.4, -0.2) is 27.4 Å². The summed E-state index contributed by atoms with van der Waals surface area (Å²) in [5.41, 5.74) is 1.82. The van der Waals surface area contributed by atoms with Gasteiger partial charge in [-0.25, -0.2) is 4.98 Å². The molecule has 0 aliphatic carbocycles. The van der Waals surface area contributed by atoms with Crippen molar-refractivity contribution in [2.45, 2.75) is 18.5 Å². The maximum Gasteiger partial charge on any atom is 0.270 e. The van der Waals surface area contributed by atoms with Crippen LogP contribution in [0.4, 0.5) is 0 Å². The second-order valence-electron chi connectivity index (χ2n) is 4.50. The summed E-state index contributed by atoms with van der Waals surface area (Å²) in [5.74, 6) is 0.651. The molecule has 21 heavy (non-hydrogen) atoms. The van der Waals surface area contributed by atoms with Crippen LogP contribution in [0.5, 0.6) is 0 Å². The second kappa shape index (κ2) is 7.07. The SMILES string of the molecule is Cc1ccc(-c2nc(SCCCO)[nH]c(=O)c2C#N)cc1. The summed E-state index contributed by atoms with van der Waals surface area (Å²) in [6, 6.07) is 9.44. The third-order valence-electron chi connectivity index (χ3n) is 2.88. The maximum absolute atomic E-state index is 12.0. The molecule has 0 unspecified atom stereocenters. The Hall–Kier alpha value is -2.10. The Kier molecular flexibility index (Phi) is 5.14. The number of hydrogen-bond acceptors (Lipinski definition) is 5. The van der Waals surface area contributed by atoms with Gasteiger partial charge in [0.05, 0.1) is 5.69 Å². The number of aliphatic hydroxyl groups is 1. The summed E-state index contributed by atoms with van der Waals surface area (Å²) in [7, 11) is 0. The average molecular weight is 301 g/mol. The molecule has 0 aliphatic heterocycles. The average Bonchev–Trinajstić information content (AvgIpc) is 2.48. The number of nitrogens with one attached hydrogen (secondary N) is 1. The molecule has 108 valence electrons. The fourth-order valence-electron chi connectivity index (χ4n) is 1.78. The zero-order valence-electron chi connectivity index (χ0n) is 11.6. The fraction of sp³-hybridized carbons (Fsp3) is 0.267. The van der Waals surface area contributed by atoms with Gasteiger partial charge in [0, 0.05) is 17.9 Å². The topological polar surface area (TPSA) is 89.8 Å². The van der Waals surface area contributed by atoms with Crippen LogP contribution in [0.15, 0.2) is 34.2 Å². The monoisotopic (exact) mass is 301 g/mol. The van der Waals surface area contributed by atoms with Gasteiger partial charge in [0.25, 0.3) is 5.56 Å². The number of aryl methyl sites for hydroxylation is 1. The number of thioether (sulfide) groups is 1. The van der Waals surface area contributed by atoms with Crippen molar-refractivity contribution in [2.75, 3.05) is 12.4 Å². The van der Waals surface area contributed by atoms with Gasteiger partial charge in [-0.3, -0.25) is 4.79 Å². The first kappa shape index (κ1) is 15.3. The van der Waals surface area contributed by atoms with Crippen LogP contribution in [0, 0.1) is 18.3 Å². The van der Waals surface area contributed by atoms with Crippen molar-refractivity contribution < 1.29 is 5.11 Å². The van der Waals surface area contributed by atoms with E-state index in [1.807, 2.05) is 37.3 Å². The molecule has 1 heterocycles. The lowest BCUT2D eigenvalue weighted by molar-refractivity contribution is 0.296. The third kappa shape index (κ3) is 3.72. The molecule has 1 aromatic carbocycles. The molecule has 0 spiro atoms. The summed E-state index contributed by atoms with van der Waals surface area (Å²) in [6.45, 7) is 2.06. The van der Waals surface area contributed by atoms with Gasteiger partial charge < -0.3 is 10.1 Å². The van der Waals surface area contributed by atoms with Crippen LogP contribution in [0.2, 0.25) is 0 Å². The minimum atomic E-state index is -0.436. The van der Waals surface area contributed by atoms with Gasteiger partial charge in [0.15, 0.2) is 5.16 Å². The summed E-state index contributed by atoms with van der Waals surface area (Å²) < 4.78 is 0. The Morgan fingerprint density at radius 2 is 2.10 bits per heavy atom. The molecular formula is C15H15N3O2S. The zero-order valence-corrected chi connectivity index (χ0v) is 12.4. The second-order valence-corrected chi connectivity index (χ2v) is 5.58. The molecular weight excluding hydrogens is 286 g/mol. The number of aromatic nitrogens is 2. The summed E-state index contributed by atoms with van der Waals surface area (Å²) in [6.07, 6.45) is 0.619. The Balaban J connectivity index is 2.45. The molecule has 2 aromatic rings. The van der Waals surface area contributed by atoms with Gasteiger partial charge in [-0.2, -0.15) is 5.26 Å². The molecule has 0 fully saturated rings. The summed E-state index contributed by atoms with van der Waals surface area (Å²) in [5, 5.41) is 18.4. The van der Waals surface area contributed by atoms with Crippen molar-refractivity contribution in [1.82, 2.24) is 9.97 Å². The molecule has 2 N–H and O–H groups in total. The van der Waals surface area contributed by atoms with E-state index in [1.165, 1.54) is 11.8 Å². The van der Waals surface area contributed by atoms with Gasteiger partial charge in [0.1, 0.15) is 11.6 Å². The van der Waals surface area contributed by atoms with Gasteiger partial charge in [-0.15, -0.1) is 0 Å². The molecule has 1 aromatic heterocycles. The largest absolute Gasteiger partial charge is 0.396 e. The molecule has 0 aliphatic rings. The highest BCUT2D eigenvalue weighted by Crippen LogP contribution is 2.22. The molecule has 0 atom stereocenters. The van der Waals surface area contributed by atoms with Crippen LogP contribution in [0.3, 0.4) is 0 Å². The number of aromatic amines is 1. The van der Waals surface area contributed by atoms with E-state index in [9.17, 15) is 10.1 Å². The van der Waals surface area contributed by atoms with Crippen molar-refractivity contribution >= 4 is 11.8 Å². The minimum absolute atomic E-state index is 0.0189. The third-order valence-corrected chi connectivity index (χ3v) is 3.84. The van der Waals surface area contributed by atoms with E-state index < -0.39 is 5.56 Å². The molecule has 5 nitrogen and oxygen atoms in total. The Morgan fingerprint density at radius 3 is 2.71 bits per heavy atom. The number of hydrogen-bond donors (Lipinski definition) is 2. The number of nitriles is 1. The molecule has 0 saturated heterocycles. The predicted molar refractivity (Wildman–Crippen MR) is 82.2 cm³/mol. The van der Waals surface area contributed by atoms with Crippen LogP contribution < -0.4 is 5.56 Å². The van der Waals surface area contributed by atoms with Crippen molar-refractivity contribution in [2.24, 2.45) is 0 Å². The summed E-state index contributed by atoms with van der Waals surface area (Å²) >= 11 is 1.35. The van der Waals surface area contributed by atoms with E-state index in [0.717, 1.165) is 11.1 Å². The molecule has 0 amide bonds. The Labute approximate surface area is 126 Å². The van der Waals surface area contributed by atoms with E-state index in [1.54, 1.807) is 0 Å². The van der Waals surface area contributed by atoms with E-state index in [4.69, 9.17) is 5.11 Å². The molecule has 0 radical (unpaired) electrons. The first-order valence-corrected chi connectivity index (χ1v) is 7.49. The zero-order chi connectivity index (χ0) is 15.2. The maximum atomic E-state index is 12.0. The van der Waals surface area contributed by atoms with Crippen molar-refractivity contribution in [1.29, 1.82) is 5.26 Å². The first-order valence-electron chi connectivity index (χ1n) is 6.51. The predicted octanol–water partition coefficient (Wildman–Crippen LogP) is 2.09. The van der Waals surface area contributed by atoms with Crippen molar-refractivity contribution in [3.8, 4) is 17.3 Å². The van der Waals surface area contributed by atoms with E-state index >= 15 is 0 Å². The number of benzene rings is 1. The highest BCUT2D eigenvalue weighted by atomic mass is 32.2. The smallest absolute Gasteiger partial charge is 0.270 e. The quantitative estimate of drug-likeness (QED) is 0.501. The standard InChI is InChI=1S/C15H15N3O2S/c1-10-3-5-11(6-4-10)13-12(9-16)14(20)18-15(17-13)21-8-2-7-19/h3-6,19H,2,7-8H2,1H3,(H,17,18,20). The highest BCUT2D eigenvalue weighted by molar-refractivity contribution is 7.99. The number of H-pyrrole nitrogens is 1. The van der Waals surface area contributed by atoms with Gasteiger partial charge in [-0.1, -0.05) is 41.6 Å². The number of aliphatic hydroxyl groups excluding tert-OH is 1. The normalized spacial score (nSPS) is 10.3. The van der Waals surface area contributed by atoms with Gasteiger partial charge >= 0.3 is 0 Å². The van der Waals surface area contributed by atoms with Gasteiger partial charge in [-0.05, 0) is 13.3 Å². The lowest BCUT2D eigenvalue weighted by atomic mass is 10.1. The van der Waals surface area contributed by atoms with Crippen molar-refractivity contribution in [3.63, 3.8) is 0 Å². The van der Waals surface area contributed by atoms with E-state index in [0.29, 0.717) is 23.0 Å². The van der Waals surface area contributed by atoms with Crippen molar-refractivity contribution in [3.05, 3.63) is 45.7 Å². The Bertz CT molecular complexity index is 717. The molecule has 2 rings (SSSR count). The molecule has 0 bridgehead atoms. The van der Waals surface area contributed by atoms with E-state index in [-0.39, 0.29) is 12.2 Å². The molecule has 0 saturated carbocycles. The fourth-order valence-corrected chi connectivity index (χ4v) is 2.57. The highest BCUT2D eigenvalue weighted by Gasteiger charge is 2.13. The summed E-state index contributed by atoms with van der Waals surface area (Å²) in [4.78, 5) is 19.0. The van der Waals surface area contributed by atoms with Crippen LogP contribution in [0.25, 0.3) is 11.3 Å². The first-order chi connectivity index (χ1) is 10.2. The van der Waals surface area contributed by atoms with Crippen LogP contribution in [-0.2, 0) is 0 Å². The lowest BCUT2D eigenvalue weighted by Crippen LogP contribution is -2.14. The molecule has 6 heteroatoms. The minimum Gasteiger partial charge on any atom is -0.396 e. The Morgan fingerprint density at radius 1 is 1.38 bits per heavy atom. The van der Waals surface area contributed by atoms with Crippen LogP contribution in [0.1, 0.15) is 17.5 Å². The van der Waals surface area contributed by atoms with Gasteiger partial charge in [0.2, 0.25) is 0 Å². The van der Waals surface area contributed by atoms with E-state index in [2.05, 4.69) is 9.97 Å². The number of nitrogens with zero attached hydrogens (tertiary/aromatic N) is 2. The number of rotatable bonds is 5. The lowest BCUT2D eigenvalue weighted by Gasteiger charge is -2.06.